The van der Waals surface area contributed by atoms with Crippen LogP contribution in [0.4, 0.5) is 10.5 Å². The number of carbonyl (C=O) groups excluding carboxylic acids is 1. The second-order valence-electron chi connectivity index (χ2n) is 5.70. The van der Waals surface area contributed by atoms with Crippen LogP contribution < -0.4 is 10.5 Å². The van der Waals surface area contributed by atoms with E-state index in [1.165, 1.54) is 0 Å². The fourth-order valence-electron chi connectivity index (χ4n) is 2.86. The van der Waals surface area contributed by atoms with Crippen molar-refractivity contribution >= 4 is 22.7 Å². The lowest BCUT2D eigenvalue weighted by molar-refractivity contribution is 0.181. The zero-order valence-electron chi connectivity index (χ0n) is 12.9. The molecule has 1 saturated heterocycles. The highest BCUT2D eigenvalue weighted by atomic mass is 16.6. The van der Waals surface area contributed by atoms with Crippen LogP contribution in [0.1, 0.15) is 11.1 Å². The van der Waals surface area contributed by atoms with Gasteiger partial charge in [0.15, 0.2) is 0 Å². The molecule has 1 aliphatic rings. The summed E-state index contributed by atoms with van der Waals surface area (Å²) in [6.07, 6.45) is 3.59. The third-order valence-electron chi connectivity index (χ3n) is 4.12. The van der Waals surface area contributed by atoms with Gasteiger partial charge in [-0.3, -0.25) is 14.7 Å². The summed E-state index contributed by atoms with van der Waals surface area (Å²) in [5.74, 6) is 0. The van der Waals surface area contributed by atoms with E-state index in [4.69, 9.17) is 4.74 Å². The number of hydrogen-bond acceptors (Lipinski definition) is 4. The number of hydrogen-bond donors (Lipinski definition) is 1. The maximum Gasteiger partial charge on any atom is 0.414 e. The number of H-pyrrole nitrogens is 1. The van der Waals surface area contributed by atoms with E-state index >= 15 is 0 Å². The van der Waals surface area contributed by atoms with E-state index < -0.39 is 0 Å². The van der Waals surface area contributed by atoms with E-state index in [0.29, 0.717) is 25.1 Å². The van der Waals surface area contributed by atoms with Crippen LogP contribution in [0.25, 0.3) is 10.9 Å². The molecule has 1 N–H and O–H groups in total. The molecule has 0 saturated carbocycles. The quantitative estimate of drug-likeness (QED) is 0.804. The molecule has 6 nitrogen and oxygen atoms in total. The summed E-state index contributed by atoms with van der Waals surface area (Å²) >= 11 is 0. The van der Waals surface area contributed by atoms with Crippen molar-refractivity contribution in [1.29, 1.82) is 0 Å². The number of pyridine rings is 2. The number of rotatable bonds is 3. The molecule has 0 bridgehead atoms. The summed E-state index contributed by atoms with van der Waals surface area (Å²) in [6, 6.07) is 11.2. The predicted molar refractivity (Wildman–Crippen MR) is 90.3 cm³/mol. The number of benzene rings is 1. The molecule has 1 amide bonds. The zero-order valence-corrected chi connectivity index (χ0v) is 12.9. The molecule has 0 aliphatic carbocycles. The number of aromatic nitrogens is 2. The molecule has 2 aromatic heterocycles. The van der Waals surface area contributed by atoms with Crippen LogP contribution in [-0.2, 0) is 11.2 Å². The van der Waals surface area contributed by atoms with E-state index in [-0.39, 0.29) is 11.7 Å². The number of amides is 1. The summed E-state index contributed by atoms with van der Waals surface area (Å²) in [7, 11) is 0. The van der Waals surface area contributed by atoms with E-state index in [2.05, 4.69) is 9.97 Å². The Morgan fingerprint density at radius 1 is 1.17 bits per heavy atom. The molecule has 4 rings (SSSR count). The van der Waals surface area contributed by atoms with Crippen molar-refractivity contribution in [3.8, 4) is 0 Å². The normalized spacial score (nSPS) is 14.2. The Labute approximate surface area is 137 Å². The molecule has 0 unspecified atom stereocenters. The maximum absolute atomic E-state index is 12.2. The molecular weight excluding hydrogens is 306 g/mol. The first-order chi connectivity index (χ1) is 11.7. The van der Waals surface area contributed by atoms with Crippen LogP contribution >= 0.6 is 0 Å². The average molecular weight is 321 g/mol. The molecule has 0 radical (unpaired) electrons. The summed E-state index contributed by atoms with van der Waals surface area (Å²) < 4.78 is 4.94. The van der Waals surface area contributed by atoms with E-state index in [9.17, 15) is 9.59 Å². The number of anilines is 1. The second-order valence-corrected chi connectivity index (χ2v) is 5.70. The highest BCUT2D eigenvalue weighted by molar-refractivity contribution is 5.89. The summed E-state index contributed by atoms with van der Waals surface area (Å²) in [6.45, 7) is 0.983. The maximum atomic E-state index is 12.2. The first-order valence-corrected chi connectivity index (χ1v) is 7.70. The van der Waals surface area contributed by atoms with Crippen molar-refractivity contribution in [2.75, 3.05) is 18.1 Å². The van der Waals surface area contributed by atoms with Gasteiger partial charge in [0.25, 0.3) is 5.56 Å². The minimum atomic E-state index is -0.318. The molecular formula is C18H15N3O3. The van der Waals surface area contributed by atoms with Crippen molar-refractivity contribution < 1.29 is 9.53 Å². The molecule has 24 heavy (non-hydrogen) atoms. The summed E-state index contributed by atoms with van der Waals surface area (Å²) in [5, 5.41) is 0.906. The predicted octanol–water partition coefficient (Wildman–Crippen LogP) is 2.47. The van der Waals surface area contributed by atoms with Crippen molar-refractivity contribution in [2.24, 2.45) is 0 Å². The number of ether oxygens (including phenoxy) is 1. The minimum absolute atomic E-state index is 0.0964. The highest BCUT2D eigenvalue weighted by Gasteiger charge is 2.23. The molecule has 0 atom stereocenters. The standard InChI is InChI=1S/C18H15N3O3/c22-17-13(10-14-11-19-6-5-16(14)20-17)9-12-1-3-15(4-2-12)21-7-8-24-18(21)23/h1-6,10-11H,7-9H2,(H,20,22). The van der Waals surface area contributed by atoms with Crippen molar-refractivity contribution in [2.45, 2.75) is 6.42 Å². The van der Waals surface area contributed by atoms with Crippen LogP contribution in [-0.4, -0.2) is 29.2 Å². The first kappa shape index (κ1) is 14.4. The van der Waals surface area contributed by atoms with Gasteiger partial charge in [-0.1, -0.05) is 12.1 Å². The number of carbonyl (C=O) groups is 1. The molecule has 3 aromatic rings. The van der Waals surface area contributed by atoms with Gasteiger partial charge in [0.05, 0.1) is 12.1 Å². The molecule has 0 spiro atoms. The Bertz CT molecular complexity index is 963. The summed E-state index contributed by atoms with van der Waals surface area (Å²) in [4.78, 5) is 32.3. The van der Waals surface area contributed by atoms with Gasteiger partial charge < -0.3 is 9.72 Å². The van der Waals surface area contributed by atoms with Gasteiger partial charge in [-0.15, -0.1) is 0 Å². The van der Waals surface area contributed by atoms with Gasteiger partial charge in [-0.25, -0.2) is 4.79 Å². The monoisotopic (exact) mass is 321 g/mol. The Kier molecular flexibility index (Phi) is 3.49. The highest BCUT2D eigenvalue weighted by Crippen LogP contribution is 2.20. The Balaban J connectivity index is 1.60. The van der Waals surface area contributed by atoms with E-state index in [1.54, 1.807) is 23.4 Å². The van der Waals surface area contributed by atoms with E-state index in [1.807, 2.05) is 30.3 Å². The second kappa shape index (κ2) is 5.81. The van der Waals surface area contributed by atoms with Crippen LogP contribution in [0.5, 0.6) is 0 Å². The lowest BCUT2D eigenvalue weighted by Gasteiger charge is -2.13. The Morgan fingerprint density at radius 3 is 2.75 bits per heavy atom. The topological polar surface area (TPSA) is 75.3 Å². The van der Waals surface area contributed by atoms with Crippen molar-refractivity contribution in [1.82, 2.24) is 9.97 Å². The van der Waals surface area contributed by atoms with Gasteiger partial charge in [-0.2, -0.15) is 0 Å². The first-order valence-electron chi connectivity index (χ1n) is 7.70. The zero-order chi connectivity index (χ0) is 16.5. The van der Waals surface area contributed by atoms with Gasteiger partial charge in [-0.05, 0) is 29.8 Å². The number of aromatic amines is 1. The van der Waals surface area contributed by atoms with Crippen LogP contribution in [0.2, 0.25) is 0 Å². The number of cyclic esters (lactones) is 1. The number of nitrogens with zero attached hydrogens (tertiary/aromatic N) is 2. The largest absolute Gasteiger partial charge is 0.447 e. The van der Waals surface area contributed by atoms with Gasteiger partial charge in [0.1, 0.15) is 6.61 Å². The number of nitrogens with one attached hydrogen (secondary N) is 1. The molecule has 1 aromatic carbocycles. The lowest BCUT2D eigenvalue weighted by Crippen LogP contribution is -2.23. The molecule has 6 heteroatoms. The van der Waals surface area contributed by atoms with Gasteiger partial charge >= 0.3 is 6.09 Å². The molecule has 120 valence electrons. The average Bonchev–Trinajstić information content (AvgIpc) is 3.02. The SMILES string of the molecule is O=C1OCCN1c1ccc(Cc2cc3cnccc3[nH]c2=O)cc1. The fourth-order valence-corrected chi connectivity index (χ4v) is 2.86. The smallest absolute Gasteiger partial charge is 0.414 e. The van der Waals surface area contributed by atoms with Gasteiger partial charge in [0.2, 0.25) is 0 Å². The van der Waals surface area contributed by atoms with Crippen molar-refractivity contribution in [3.05, 3.63) is 70.3 Å². The van der Waals surface area contributed by atoms with Crippen LogP contribution in [0, 0.1) is 0 Å². The lowest BCUT2D eigenvalue weighted by atomic mass is 10.0. The molecule has 1 fully saturated rings. The van der Waals surface area contributed by atoms with E-state index in [0.717, 1.165) is 22.2 Å². The van der Waals surface area contributed by atoms with Crippen molar-refractivity contribution in [3.63, 3.8) is 0 Å². The van der Waals surface area contributed by atoms with Gasteiger partial charge in [0, 0.05) is 35.5 Å². The van der Waals surface area contributed by atoms with Crippen LogP contribution in [0.15, 0.2) is 53.6 Å². The molecule has 3 heterocycles. The third-order valence-corrected chi connectivity index (χ3v) is 4.12. The molecule has 1 aliphatic heterocycles. The number of fused-ring (bicyclic) bond motifs is 1. The van der Waals surface area contributed by atoms with Crippen LogP contribution in [0.3, 0.4) is 0 Å². The minimum Gasteiger partial charge on any atom is -0.447 e. The Hall–Kier alpha value is -3.15. The third kappa shape index (κ3) is 2.62. The summed E-state index contributed by atoms with van der Waals surface area (Å²) in [5.41, 5.74) is 3.17. The fraction of sp³-hybridized carbons (Fsp3) is 0.167. The Morgan fingerprint density at radius 2 is 2.00 bits per heavy atom.